The molecule has 3 heterocycles. The maximum Gasteiger partial charge on any atom is 0.273 e. The molecule has 29 heavy (non-hydrogen) atoms. The van der Waals surface area contributed by atoms with Crippen molar-refractivity contribution in [1.82, 2.24) is 24.6 Å². The molecule has 7 heteroatoms. The van der Waals surface area contributed by atoms with Crippen LogP contribution in [0.2, 0.25) is 0 Å². The van der Waals surface area contributed by atoms with Crippen molar-refractivity contribution in [2.45, 2.75) is 38.8 Å². The molecular weight excluding hydrogens is 382 g/mol. The van der Waals surface area contributed by atoms with Gasteiger partial charge in [0, 0.05) is 49.4 Å². The van der Waals surface area contributed by atoms with Gasteiger partial charge in [-0.3, -0.25) is 4.79 Å². The first-order valence-electron chi connectivity index (χ1n) is 10.1. The van der Waals surface area contributed by atoms with E-state index in [9.17, 15) is 4.79 Å². The molecule has 1 amide bonds. The Balaban J connectivity index is 1.44. The van der Waals surface area contributed by atoms with Gasteiger partial charge < -0.3 is 9.80 Å². The fourth-order valence-electron chi connectivity index (χ4n) is 3.80. The summed E-state index contributed by atoms with van der Waals surface area (Å²) >= 11 is 1.49. The van der Waals surface area contributed by atoms with Crippen molar-refractivity contribution in [3.05, 3.63) is 53.8 Å². The molecule has 4 rings (SSSR count). The maximum absolute atomic E-state index is 13.0. The molecule has 0 bridgehead atoms. The van der Waals surface area contributed by atoms with Crippen molar-refractivity contribution < 1.29 is 4.79 Å². The fourth-order valence-corrected chi connectivity index (χ4v) is 4.57. The van der Waals surface area contributed by atoms with Crippen LogP contribution in [0.25, 0.3) is 16.3 Å². The van der Waals surface area contributed by atoms with Gasteiger partial charge in [-0.25, -0.2) is 9.67 Å². The van der Waals surface area contributed by atoms with Crippen molar-refractivity contribution in [1.29, 1.82) is 0 Å². The second-order valence-corrected chi connectivity index (χ2v) is 8.68. The SMILES string of the molecule is CC(C)N1CCC(N(C)C(=O)c2csc(-c3cnn(-c4ccccc4)c3)n2)CC1. The zero-order valence-electron chi connectivity index (χ0n) is 17.2. The van der Waals surface area contributed by atoms with Gasteiger partial charge in [0.2, 0.25) is 0 Å². The number of benzene rings is 1. The van der Waals surface area contributed by atoms with Crippen molar-refractivity contribution in [3.8, 4) is 16.3 Å². The topological polar surface area (TPSA) is 54.3 Å². The van der Waals surface area contributed by atoms with Crippen molar-refractivity contribution >= 4 is 17.2 Å². The summed E-state index contributed by atoms with van der Waals surface area (Å²) in [7, 11) is 1.91. The molecule has 0 aliphatic carbocycles. The Kier molecular flexibility index (Phi) is 5.78. The molecule has 1 saturated heterocycles. The van der Waals surface area contributed by atoms with Crippen LogP contribution in [0.15, 0.2) is 48.1 Å². The van der Waals surface area contributed by atoms with Crippen molar-refractivity contribution in [3.63, 3.8) is 0 Å². The standard InChI is InChI=1S/C22H27N5OS/c1-16(2)26-11-9-18(10-12-26)25(3)22(28)20-15-29-21(24-20)17-13-23-27(14-17)19-7-5-4-6-8-19/h4-8,13-16,18H,9-12H2,1-3H3. The summed E-state index contributed by atoms with van der Waals surface area (Å²) in [6.45, 7) is 6.54. The van der Waals surface area contributed by atoms with Crippen molar-refractivity contribution in [2.75, 3.05) is 20.1 Å². The van der Waals surface area contributed by atoms with Gasteiger partial charge in [-0.15, -0.1) is 11.3 Å². The largest absolute Gasteiger partial charge is 0.337 e. The molecule has 0 spiro atoms. The van der Waals surface area contributed by atoms with Gasteiger partial charge in [-0.05, 0) is 38.8 Å². The second kappa shape index (κ2) is 8.47. The second-order valence-electron chi connectivity index (χ2n) is 7.82. The van der Waals surface area contributed by atoms with E-state index >= 15 is 0 Å². The number of nitrogens with zero attached hydrogens (tertiary/aromatic N) is 5. The lowest BCUT2D eigenvalue weighted by Crippen LogP contribution is -2.47. The Morgan fingerprint density at radius 2 is 1.93 bits per heavy atom. The van der Waals surface area contributed by atoms with Crippen LogP contribution in [0, 0.1) is 0 Å². The van der Waals surface area contributed by atoms with E-state index in [1.54, 1.807) is 6.20 Å². The average molecular weight is 410 g/mol. The van der Waals surface area contributed by atoms with E-state index in [1.807, 2.05) is 58.5 Å². The Morgan fingerprint density at radius 1 is 1.21 bits per heavy atom. The molecule has 2 aromatic heterocycles. The molecule has 1 aliphatic heterocycles. The van der Waals surface area contributed by atoms with Gasteiger partial charge in [-0.1, -0.05) is 18.2 Å². The van der Waals surface area contributed by atoms with Gasteiger partial charge in [0.15, 0.2) is 0 Å². The van der Waals surface area contributed by atoms with Gasteiger partial charge in [-0.2, -0.15) is 5.10 Å². The molecule has 1 aromatic carbocycles. The molecule has 1 aliphatic rings. The highest BCUT2D eigenvalue weighted by atomic mass is 32.1. The van der Waals surface area contributed by atoms with E-state index in [1.165, 1.54) is 11.3 Å². The monoisotopic (exact) mass is 409 g/mol. The number of amides is 1. The first-order valence-corrected chi connectivity index (χ1v) is 11.0. The molecule has 1 fully saturated rings. The number of likely N-dealkylation sites (tertiary alicyclic amines) is 1. The van der Waals surface area contributed by atoms with Crippen LogP contribution >= 0.6 is 11.3 Å². The highest BCUT2D eigenvalue weighted by molar-refractivity contribution is 7.13. The average Bonchev–Trinajstić information content (AvgIpc) is 3.43. The Labute approximate surface area is 175 Å². The summed E-state index contributed by atoms with van der Waals surface area (Å²) in [5, 5.41) is 7.11. The minimum atomic E-state index is 0.00551. The summed E-state index contributed by atoms with van der Waals surface area (Å²) in [5.74, 6) is 0.00551. The predicted molar refractivity (Wildman–Crippen MR) is 116 cm³/mol. The predicted octanol–water partition coefficient (Wildman–Crippen LogP) is 3.94. The van der Waals surface area contributed by atoms with Crippen molar-refractivity contribution in [2.24, 2.45) is 0 Å². The lowest BCUT2D eigenvalue weighted by atomic mass is 10.0. The van der Waals surface area contributed by atoms with Crippen LogP contribution in [0.4, 0.5) is 0 Å². The van der Waals surface area contributed by atoms with Crippen LogP contribution in [-0.2, 0) is 0 Å². The van der Waals surface area contributed by atoms with Gasteiger partial charge in [0.25, 0.3) is 5.91 Å². The number of thiazole rings is 1. The first-order chi connectivity index (χ1) is 14.0. The summed E-state index contributed by atoms with van der Waals surface area (Å²) < 4.78 is 1.83. The Hall–Kier alpha value is -2.51. The quantitative estimate of drug-likeness (QED) is 0.640. The van der Waals surface area contributed by atoms with E-state index in [0.29, 0.717) is 11.7 Å². The number of rotatable bonds is 5. The molecule has 0 N–H and O–H groups in total. The van der Waals surface area contributed by atoms with E-state index < -0.39 is 0 Å². The molecule has 3 aromatic rings. The number of carbonyl (C=O) groups excluding carboxylic acids is 1. The molecule has 152 valence electrons. The van der Waals surface area contributed by atoms with E-state index in [2.05, 4.69) is 28.8 Å². The fraction of sp³-hybridized carbons (Fsp3) is 0.409. The number of hydrogen-bond donors (Lipinski definition) is 0. The first kappa shape index (κ1) is 19.8. The Morgan fingerprint density at radius 3 is 2.62 bits per heavy atom. The number of carbonyl (C=O) groups is 1. The van der Waals surface area contributed by atoms with Gasteiger partial charge in [0.05, 0.1) is 11.9 Å². The number of para-hydroxylation sites is 1. The zero-order valence-corrected chi connectivity index (χ0v) is 18.0. The van der Waals surface area contributed by atoms with Crippen LogP contribution in [0.5, 0.6) is 0 Å². The minimum absolute atomic E-state index is 0.00551. The molecule has 0 saturated carbocycles. The summed E-state index contributed by atoms with van der Waals surface area (Å²) in [5.41, 5.74) is 2.44. The van der Waals surface area contributed by atoms with Gasteiger partial charge >= 0.3 is 0 Å². The van der Waals surface area contributed by atoms with E-state index in [4.69, 9.17) is 0 Å². The molecule has 0 radical (unpaired) electrons. The third-order valence-electron chi connectivity index (χ3n) is 5.67. The zero-order chi connectivity index (χ0) is 20.4. The van der Waals surface area contributed by atoms with Crippen LogP contribution in [0.3, 0.4) is 0 Å². The normalized spacial score (nSPS) is 15.7. The minimum Gasteiger partial charge on any atom is -0.337 e. The molecule has 0 atom stereocenters. The van der Waals surface area contributed by atoms with E-state index in [0.717, 1.165) is 42.2 Å². The summed E-state index contributed by atoms with van der Waals surface area (Å²) in [6, 6.07) is 10.8. The molecule has 0 unspecified atom stereocenters. The van der Waals surface area contributed by atoms with Crippen LogP contribution in [0.1, 0.15) is 37.2 Å². The third-order valence-corrected chi connectivity index (χ3v) is 6.56. The van der Waals surface area contributed by atoms with Crippen LogP contribution in [-0.4, -0.2) is 62.7 Å². The molecular formula is C22H27N5OS. The number of piperidine rings is 1. The highest BCUT2D eigenvalue weighted by Crippen LogP contribution is 2.26. The number of aromatic nitrogens is 3. The number of hydrogen-bond acceptors (Lipinski definition) is 5. The third kappa shape index (κ3) is 4.26. The Bertz CT molecular complexity index is 957. The lowest BCUT2D eigenvalue weighted by Gasteiger charge is -2.38. The maximum atomic E-state index is 13.0. The summed E-state index contributed by atoms with van der Waals surface area (Å²) in [4.78, 5) is 21.9. The lowest BCUT2D eigenvalue weighted by molar-refractivity contribution is 0.0610. The molecule has 6 nitrogen and oxygen atoms in total. The van der Waals surface area contributed by atoms with Crippen LogP contribution < -0.4 is 0 Å². The summed E-state index contributed by atoms with van der Waals surface area (Å²) in [6.07, 6.45) is 5.78. The highest BCUT2D eigenvalue weighted by Gasteiger charge is 2.28. The van der Waals surface area contributed by atoms with Gasteiger partial charge in [0.1, 0.15) is 10.7 Å². The smallest absolute Gasteiger partial charge is 0.273 e. The van der Waals surface area contributed by atoms with E-state index in [-0.39, 0.29) is 11.9 Å².